The van der Waals surface area contributed by atoms with Gasteiger partial charge in [-0.1, -0.05) is 0 Å². The lowest BCUT2D eigenvalue weighted by Gasteiger charge is -2.33. The summed E-state index contributed by atoms with van der Waals surface area (Å²) in [7, 11) is 0. The average molecular weight is 286 g/mol. The number of likely N-dealkylation sites (tertiary alicyclic amines) is 1. The van der Waals surface area contributed by atoms with Crippen LogP contribution >= 0.6 is 0 Å². The molecule has 6 nitrogen and oxygen atoms in total. The van der Waals surface area contributed by atoms with Crippen molar-refractivity contribution in [1.82, 2.24) is 10.2 Å². The van der Waals surface area contributed by atoms with Gasteiger partial charge in [0.15, 0.2) is 0 Å². The smallest absolute Gasteiger partial charge is 0.410 e. The Bertz CT molecular complexity index is 344. The number of ether oxygens (including phenoxy) is 1. The summed E-state index contributed by atoms with van der Waals surface area (Å²) in [6.45, 7) is 8.25. The predicted molar refractivity (Wildman–Crippen MR) is 75.2 cm³/mol. The molecule has 0 saturated carbocycles. The number of aliphatic hydroxyl groups excluding tert-OH is 1. The van der Waals surface area contributed by atoms with Gasteiger partial charge in [0.1, 0.15) is 5.60 Å². The Labute approximate surface area is 120 Å². The number of amides is 2. The van der Waals surface area contributed by atoms with Crippen LogP contribution in [0.3, 0.4) is 0 Å². The maximum atomic E-state index is 11.9. The van der Waals surface area contributed by atoms with Crippen molar-refractivity contribution >= 4 is 12.0 Å². The molecule has 0 aromatic carbocycles. The Morgan fingerprint density at radius 3 is 2.35 bits per heavy atom. The summed E-state index contributed by atoms with van der Waals surface area (Å²) in [5.74, 6) is -0.141. The highest BCUT2D eigenvalue weighted by atomic mass is 16.6. The molecule has 1 saturated heterocycles. The van der Waals surface area contributed by atoms with Crippen LogP contribution in [0.25, 0.3) is 0 Å². The number of nitrogens with one attached hydrogen (secondary N) is 1. The van der Waals surface area contributed by atoms with E-state index < -0.39 is 5.60 Å². The summed E-state index contributed by atoms with van der Waals surface area (Å²) in [5.41, 5.74) is -0.498. The summed E-state index contributed by atoms with van der Waals surface area (Å²) in [4.78, 5) is 25.4. The maximum absolute atomic E-state index is 11.9. The van der Waals surface area contributed by atoms with Gasteiger partial charge in [-0.25, -0.2) is 4.79 Å². The number of piperidine rings is 1. The molecule has 1 aliphatic heterocycles. The molecular weight excluding hydrogens is 260 g/mol. The van der Waals surface area contributed by atoms with Crippen LogP contribution in [0.15, 0.2) is 0 Å². The van der Waals surface area contributed by atoms with Crippen molar-refractivity contribution in [2.75, 3.05) is 19.7 Å². The van der Waals surface area contributed by atoms with Crippen molar-refractivity contribution in [2.45, 2.75) is 52.2 Å². The first-order valence-electron chi connectivity index (χ1n) is 7.12. The Morgan fingerprint density at radius 1 is 1.35 bits per heavy atom. The Balaban J connectivity index is 2.40. The number of aliphatic hydroxyl groups is 1. The summed E-state index contributed by atoms with van der Waals surface area (Å²) in [6.07, 6.45) is 0.937. The van der Waals surface area contributed by atoms with Crippen LogP contribution in [0.5, 0.6) is 0 Å². The Hall–Kier alpha value is -1.30. The van der Waals surface area contributed by atoms with E-state index in [0.29, 0.717) is 25.9 Å². The van der Waals surface area contributed by atoms with Gasteiger partial charge < -0.3 is 20.1 Å². The highest BCUT2D eigenvalue weighted by Crippen LogP contribution is 2.19. The van der Waals surface area contributed by atoms with Gasteiger partial charge in [0.2, 0.25) is 5.91 Å². The molecule has 6 heteroatoms. The van der Waals surface area contributed by atoms with Crippen LogP contribution in [-0.4, -0.2) is 53.3 Å². The fourth-order valence-electron chi connectivity index (χ4n) is 2.06. The zero-order valence-electron chi connectivity index (χ0n) is 12.8. The number of carbonyl (C=O) groups is 2. The van der Waals surface area contributed by atoms with E-state index >= 15 is 0 Å². The molecule has 0 radical (unpaired) electrons. The lowest BCUT2D eigenvalue weighted by molar-refractivity contribution is -0.127. The molecular formula is C14H26N2O4. The molecule has 2 amide bonds. The van der Waals surface area contributed by atoms with E-state index in [0.717, 1.165) is 0 Å². The van der Waals surface area contributed by atoms with Crippen LogP contribution in [0, 0.1) is 5.92 Å². The molecule has 0 aromatic heterocycles. The lowest BCUT2D eigenvalue weighted by atomic mass is 9.96. The Morgan fingerprint density at radius 2 is 1.90 bits per heavy atom. The summed E-state index contributed by atoms with van der Waals surface area (Å²) >= 11 is 0. The van der Waals surface area contributed by atoms with Gasteiger partial charge in [0.05, 0.1) is 6.61 Å². The van der Waals surface area contributed by atoms with Crippen LogP contribution in [0.2, 0.25) is 0 Å². The zero-order chi connectivity index (χ0) is 15.3. The van der Waals surface area contributed by atoms with Gasteiger partial charge in [-0.2, -0.15) is 0 Å². The second kappa shape index (κ2) is 6.92. The zero-order valence-corrected chi connectivity index (χ0v) is 12.8. The Kier molecular flexibility index (Phi) is 5.80. The summed E-state index contributed by atoms with van der Waals surface area (Å²) < 4.78 is 5.31. The monoisotopic (exact) mass is 286 g/mol. The standard InChI is InChI=1S/C14H26N2O4/c1-10(9-17)15-12(18)11-5-7-16(8-6-11)13(19)20-14(2,3)4/h10-11,17H,5-9H2,1-4H3,(H,15,18). The first-order chi connectivity index (χ1) is 9.23. The SMILES string of the molecule is CC(CO)NC(=O)C1CCN(C(=O)OC(C)(C)C)CC1. The molecule has 1 unspecified atom stereocenters. The number of hydrogen-bond acceptors (Lipinski definition) is 4. The molecule has 1 fully saturated rings. The topological polar surface area (TPSA) is 78.9 Å². The number of rotatable bonds is 3. The van der Waals surface area contributed by atoms with Crippen molar-refractivity contribution in [1.29, 1.82) is 0 Å². The average Bonchev–Trinajstić information content (AvgIpc) is 2.36. The molecule has 0 bridgehead atoms. The molecule has 0 aliphatic carbocycles. The largest absolute Gasteiger partial charge is 0.444 e. The number of hydrogen-bond donors (Lipinski definition) is 2. The minimum Gasteiger partial charge on any atom is -0.444 e. The first-order valence-corrected chi connectivity index (χ1v) is 7.12. The van der Waals surface area contributed by atoms with E-state index in [-0.39, 0.29) is 30.6 Å². The molecule has 0 aromatic rings. The van der Waals surface area contributed by atoms with E-state index in [1.54, 1.807) is 11.8 Å². The van der Waals surface area contributed by atoms with E-state index in [2.05, 4.69) is 5.32 Å². The van der Waals surface area contributed by atoms with Crippen LogP contribution < -0.4 is 5.32 Å². The molecule has 1 rings (SSSR count). The third kappa shape index (κ3) is 5.36. The van der Waals surface area contributed by atoms with Gasteiger partial charge in [0.25, 0.3) is 0 Å². The van der Waals surface area contributed by atoms with E-state index in [9.17, 15) is 9.59 Å². The molecule has 20 heavy (non-hydrogen) atoms. The molecule has 1 atom stereocenters. The highest BCUT2D eigenvalue weighted by Gasteiger charge is 2.30. The second-order valence-corrected chi connectivity index (χ2v) is 6.33. The quantitative estimate of drug-likeness (QED) is 0.815. The van der Waals surface area contributed by atoms with E-state index in [1.165, 1.54) is 0 Å². The van der Waals surface area contributed by atoms with E-state index in [4.69, 9.17) is 9.84 Å². The van der Waals surface area contributed by atoms with Gasteiger partial charge in [0, 0.05) is 25.0 Å². The predicted octanol–water partition coefficient (Wildman–Crippen LogP) is 1.13. The van der Waals surface area contributed by atoms with Crippen molar-refractivity contribution in [3.05, 3.63) is 0 Å². The first kappa shape index (κ1) is 16.8. The fraction of sp³-hybridized carbons (Fsp3) is 0.857. The highest BCUT2D eigenvalue weighted by molar-refractivity contribution is 5.79. The maximum Gasteiger partial charge on any atom is 0.410 e. The molecule has 116 valence electrons. The van der Waals surface area contributed by atoms with Crippen molar-refractivity contribution < 1.29 is 19.4 Å². The minimum atomic E-state index is -0.498. The van der Waals surface area contributed by atoms with Crippen LogP contribution in [0.4, 0.5) is 4.79 Å². The van der Waals surface area contributed by atoms with Gasteiger partial charge in [-0.3, -0.25) is 4.79 Å². The van der Waals surface area contributed by atoms with Crippen molar-refractivity contribution in [2.24, 2.45) is 5.92 Å². The van der Waals surface area contributed by atoms with Gasteiger partial charge in [-0.05, 0) is 40.5 Å². The van der Waals surface area contributed by atoms with Crippen molar-refractivity contribution in [3.63, 3.8) is 0 Å². The fourth-order valence-corrected chi connectivity index (χ4v) is 2.06. The van der Waals surface area contributed by atoms with Crippen LogP contribution in [0.1, 0.15) is 40.5 Å². The third-order valence-electron chi connectivity index (χ3n) is 3.18. The van der Waals surface area contributed by atoms with Crippen molar-refractivity contribution in [3.8, 4) is 0 Å². The summed E-state index contributed by atoms with van der Waals surface area (Å²) in [6, 6.07) is -0.230. The number of carbonyl (C=O) groups excluding carboxylic acids is 2. The summed E-state index contributed by atoms with van der Waals surface area (Å²) in [5, 5.41) is 11.7. The minimum absolute atomic E-state index is 0.0459. The lowest BCUT2D eigenvalue weighted by Crippen LogP contribution is -2.46. The molecule has 1 heterocycles. The molecule has 0 spiro atoms. The second-order valence-electron chi connectivity index (χ2n) is 6.33. The van der Waals surface area contributed by atoms with Crippen LogP contribution in [-0.2, 0) is 9.53 Å². The molecule has 2 N–H and O–H groups in total. The molecule has 1 aliphatic rings. The number of nitrogens with zero attached hydrogens (tertiary/aromatic N) is 1. The van der Waals surface area contributed by atoms with Gasteiger partial charge >= 0.3 is 6.09 Å². The normalized spacial score (nSPS) is 18.6. The third-order valence-corrected chi connectivity index (χ3v) is 3.18. The van der Waals surface area contributed by atoms with E-state index in [1.807, 2.05) is 20.8 Å². The van der Waals surface area contributed by atoms with Gasteiger partial charge in [-0.15, -0.1) is 0 Å².